The van der Waals surface area contributed by atoms with Crippen molar-refractivity contribution in [1.29, 1.82) is 0 Å². The molecular weight excluding hydrogens is 288 g/mol. The minimum absolute atomic E-state index is 0.494. The molecule has 0 N–H and O–H groups in total. The van der Waals surface area contributed by atoms with Crippen LogP contribution < -0.4 is 4.90 Å². The highest BCUT2D eigenvalue weighted by molar-refractivity contribution is 5.46. The standard InChI is InChI=1S/C17H26N6/c1-14-11-21(12-15-5-3-2-4-6-15)9-10-22(14)17-8-7-16-19-18-13-23(16)20-17/h7-8,13-15H,2-6,9-12H2,1H3/t14-/m1/s1. The van der Waals surface area contributed by atoms with Crippen LogP contribution in [0.1, 0.15) is 39.0 Å². The normalized spacial score (nSPS) is 24.4. The topological polar surface area (TPSA) is 49.6 Å². The summed E-state index contributed by atoms with van der Waals surface area (Å²) in [5, 5.41) is 12.6. The van der Waals surface area contributed by atoms with E-state index in [9.17, 15) is 0 Å². The van der Waals surface area contributed by atoms with Gasteiger partial charge in [-0.2, -0.15) is 4.52 Å². The van der Waals surface area contributed by atoms with Crippen molar-refractivity contribution in [2.45, 2.75) is 45.1 Å². The van der Waals surface area contributed by atoms with Gasteiger partial charge in [0.25, 0.3) is 0 Å². The molecule has 0 spiro atoms. The zero-order chi connectivity index (χ0) is 15.6. The molecular formula is C17H26N6. The van der Waals surface area contributed by atoms with E-state index in [1.165, 1.54) is 38.6 Å². The van der Waals surface area contributed by atoms with E-state index in [0.717, 1.165) is 37.0 Å². The molecule has 124 valence electrons. The van der Waals surface area contributed by atoms with Crippen molar-refractivity contribution in [2.75, 3.05) is 31.1 Å². The maximum Gasteiger partial charge on any atom is 0.177 e. The van der Waals surface area contributed by atoms with Gasteiger partial charge in [-0.1, -0.05) is 19.3 Å². The summed E-state index contributed by atoms with van der Waals surface area (Å²) in [5.74, 6) is 1.95. The smallest absolute Gasteiger partial charge is 0.177 e. The van der Waals surface area contributed by atoms with Gasteiger partial charge in [-0.15, -0.1) is 15.3 Å². The number of anilines is 1. The summed E-state index contributed by atoms with van der Waals surface area (Å²) in [4.78, 5) is 5.07. The van der Waals surface area contributed by atoms with E-state index in [-0.39, 0.29) is 0 Å². The summed E-state index contributed by atoms with van der Waals surface area (Å²) < 4.78 is 1.76. The van der Waals surface area contributed by atoms with Crippen LogP contribution in [0, 0.1) is 5.92 Å². The second kappa shape index (κ2) is 6.43. The van der Waals surface area contributed by atoms with Crippen LogP contribution in [0.2, 0.25) is 0 Å². The van der Waals surface area contributed by atoms with Gasteiger partial charge >= 0.3 is 0 Å². The van der Waals surface area contributed by atoms with Crippen molar-refractivity contribution in [3.8, 4) is 0 Å². The van der Waals surface area contributed by atoms with Gasteiger partial charge in [0, 0.05) is 32.2 Å². The Labute approximate surface area is 137 Å². The van der Waals surface area contributed by atoms with Crippen LogP contribution in [0.5, 0.6) is 0 Å². The van der Waals surface area contributed by atoms with Crippen molar-refractivity contribution in [3.63, 3.8) is 0 Å². The van der Waals surface area contributed by atoms with Gasteiger partial charge in [0.05, 0.1) is 0 Å². The van der Waals surface area contributed by atoms with E-state index in [4.69, 9.17) is 0 Å². The molecule has 2 fully saturated rings. The van der Waals surface area contributed by atoms with Gasteiger partial charge in [-0.25, -0.2) is 0 Å². The highest BCUT2D eigenvalue weighted by atomic mass is 15.4. The van der Waals surface area contributed by atoms with Crippen molar-refractivity contribution in [2.24, 2.45) is 5.92 Å². The molecule has 4 rings (SSSR count). The van der Waals surface area contributed by atoms with E-state index >= 15 is 0 Å². The Bertz CT molecular complexity index is 647. The maximum atomic E-state index is 4.65. The van der Waals surface area contributed by atoms with Crippen LogP contribution in [0.15, 0.2) is 18.5 Å². The highest BCUT2D eigenvalue weighted by Gasteiger charge is 2.27. The number of piperazine rings is 1. The summed E-state index contributed by atoms with van der Waals surface area (Å²) in [6.07, 6.45) is 8.84. The highest BCUT2D eigenvalue weighted by Crippen LogP contribution is 2.26. The summed E-state index contributed by atoms with van der Waals surface area (Å²) >= 11 is 0. The third-order valence-electron chi connectivity index (χ3n) is 5.39. The summed E-state index contributed by atoms with van der Waals surface area (Å²) in [6.45, 7) is 6.93. The lowest BCUT2D eigenvalue weighted by Gasteiger charge is -2.42. The van der Waals surface area contributed by atoms with Gasteiger partial charge in [0.2, 0.25) is 0 Å². The van der Waals surface area contributed by atoms with Gasteiger partial charge in [0.1, 0.15) is 12.1 Å². The lowest BCUT2D eigenvalue weighted by molar-refractivity contribution is 0.174. The number of aromatic nitrogens is 4. The monoisotopic (exact) mass is 314 g/mol. The van der Waals surface area contributed by atoms with Crippen molar-refractivity contribution in [3.05, 3.63) is 18.5 Å². The molecule has 1 aliphatic carbocycles. The number of hydrogen-bond acceptors (Lipinski definition) is 5. The van der Waals surface area contributed by atoms with E-state index in [1.54, 1.807) is 10.8 Å². The van der Waals surface area contributed by atoms with Crippen LogP contribution in [-0.2, 0) is 0 Å². The Hall–Kier alpha value is -1.69. The molecule has 3 heterocycles. The van der Waals surface area contributed by atoms with E-state index < -0.39 is 0 Å². The average molecular weight is 314 g/mol. The molecule has 2 aromatic rings. The predicted molar refractivity (Wildman–Crippen MR) is 90.6 cm³/mol. The van der Waals surface area contributed by atoms with Gasteiger partial charge < -0.3 is 4.90 Å². The second-order valence-electron chi connectivity index (χ2n) is 7.13. The molecule has 1 atom stereocenters. The second-order valence-corrected chi connectivity index (χ2v) is 7.13. The molecule has 2 aliphatic rings. The first-order chi connectivity index (χ1) is 11.3. The molecule has 0 unspecified atom stereocenters. The molecule has 0 amide bonds. The minimum Gasteiger partial charge on any atom is -0.350 e. The fourth-order valence-electron chi connectivity index (χ4n) is 4.15. The zero-order valence-corrected chi connectivity index (χ0v) is 13.9. The van der Waals surface area contributed by atoms with Gasteiger partial charge in [-0.3, -0.25) is 4.90 Å². The van der Waals surface area contributed by atoms with E-state index in [2.05, 4.69) is 38.1 Å². The first-order valence-corrected chi connectivity index (χ1v) is 8.95. The first-order valence-electron chi connectivity index (χ1n) is 8.95. The molecule has 2 aromatic heterocycles. The Morgan fingerprint density at radius 1 is 1.13 bits per heavy atom. The summed E-state index contributed by atoms with van der Waals surface area (Å²) in [5.41, 5.74) is 0.803. The fraction of sp³-hybridized carbons (Fsp3) is 0.706. The van der Waals surface area contributed by atoms with E-state index in [0.29, 0.717) is 6.04 Å². The molecule has 23 heavy (non-hydrogen) atoms. The Balaban J connectivity index is 1.40. The third kappa shape index (κ3) is 3.17. The Morgan fingerprint density at radius 3 is 2.83 bits per heavy atom. The average Bonchev–Trinajstić information content (AvgIpc) is 3.03. The van der Waals surface area contributed by atoms with Crippen LogP contribution in [-0.4, -0.2) is 56.9 Å². The molecule has 6 nitrogen and oxygen atoms in total. The molecule has 1 saturated heterocycles. The lowest BCUT2D eigenvalue weighted by Crippen LogP contribution is -2.53. The Kier molecular flexibility index (Phi) is 4.16. The zero-order valence-electron chi connectivity index (χ0n) is 13.9. The SMILES string of the molecule is C[C@@H]1CN(CC2CCCCC2)CCN1c1ccc2nncn2n1. The summed E-state index contributed by atoms with van der Waals surface area (Å²) in [6, 6.07) is 4.56. The van der Waals surface area contributed by atoms with Crippen molar-refractivity contribution in [1.82, 2.24) is 24.7 Å². The number of hydrogen-bond donors (Lipinski definition) is 0. The molecule has 0 radical (unpaired) electrons. The van der Waals surface area contributed by atoms with Crippen LogP contribution in [0.3, 0.4) is 0 Å². The fourth-order valence-corrected chi connectivity index (χ4v) is 4.15. The Morgan fingerprint density at radius 2 is 2.00 bits per heavy atom. The van der Waals surface area contributed by atoms with Crippen LogP contribution in [0.4, 0.5) is 5.82 Å². The third-order valence-corrected chi connectivity index (χ3v) is 5.39. The summed E-state index contributed by atoms with van der Waals surface area (Å²) in [7, 11) is 0. The molecule has 1 aliphatic heterocycles. The van der Waals surface area contributed by atoms with Crippen molar-refractivity contribution < 1.29 is 0 Å². The minimum atomic E-state index is 0.494. The van der Waals surface area contributed by atoms with Crippen molar-refractivity contribution >= 4 is 11.5 Å². The number of nitrogens with zero attached hydrogens (tertiary/aromatic N) is 6. The quantitative estimate of drug-likeness (QED) is 0.869. The molecule has 6 heteroatoms. The predicted octanol–water partition coefficient (Wildman–Crippen LogP) is 2.22. The first kappa shape index (κ1) is 14.9. The lowest BCUT2D eigenvalue weighted by atomic mass is 9.88. The van der Waals surface area contributed by atoms with Crippen LogP contribution in [0.25, 0.3) is 5.65 Å². The molecule has 0 aromatic carbocycles. The van der Waals surface area contributed by atoms with Gasteiger partial charge in [-0.05, 0) is 37.8 Å². The molecule has 1 saturated carbocycles. The van der Waals surface area contributed by atoms with Crippen LogP contribution >= 0.6 is 0 Å². The van der Waals surface area contributed by atoms with E-state index in [1.807, 2.05) is 6.07 Å². The maximum absolute atomic E-state index is 4.65. The number of rotatable bonds is 3. The molecule has 0 bridgehead atoms. The number of fused-ring (bicyclic) bond motifs is 1. The van der Waals surface area contributed by atoms with Gasteiger partial charge in [0.15, 0.2) is 5.65 Å². The largest absolute Gasteiger partial charge is 0.350 e.